The molecule has 2 bridgehead atoms. The number of phenols is 1. The second-order valence-corrected chi connectivity index (χ2v) is 9.05. The highest BCUT2D eigenvalue weighted by molar-refractivity contribution is 5.61. The lowest BCUT2D eigenvalue weighted by atomic mass is 9.48. The molecule has 3 heteroatoms. The van der Waals surface area contributed by atoms with Crippen molar-refractivity contribution >= 4 is 0 Å². The Bertz CT molecular complexity index is 676. The molecule has 132 valence electrons. The number of phenolic OH excluding ortho intramolecular Hbond substituents is 1. The molecule has 0 unspecified atom stereocenters. The summed E-state index contributed by atoms with van der Waals surface area (Å²) >= 11 is 0. The highest BCUT2D eigenvalue weighted by Crippen LogP contribution is 2.66. The van der Waals surface area contributed by atoms with E-state index in [2.05, 4.69) is 33.8 Å². The molecule has 0 aromatic heterocycles. The molecule has 4 aliphatic rings. The Kier molecular flexibility index (Phi) is 3.48. The highest BCUT2D eigenvalue weighted by atomic mass is 16.5. The summed E-state index contributed by atoms with van der Waals surface area (Å²) in [6, 6.07) is 2.25. The summed E-state index contributed by atoms with van der Waals surface area (Å²) in [5.41, 5.74) is 3.71. The van der Waals surface area contributed by atoms with Gasteiger partial charge in [0.15, 0.2) is 11.5 Å². The van der Waals surface area contributed by atoms with E-state index in [1.807, 2.05) is 0 Å². The van der Waals surface area contributed by atoms with Crippen molar-refractivity contribution in [1.29, 1.82) is 0 Å². The van der Waals surface area contributed by atoms with E-state index in [1.54, 1.807) is 7.11 Å². The van der Waals surface area contributed by atoms with Gasteiger partial charge in [0.1, 0.15) is 0 Å². The summed E-state index contributed by atoms with van der Waals surface area (Å²) in [4.78, 5) is 0. The molecule has 3 nitrogen and oxygen atoms in total. The molecule has 1 N–H and O–H groups in total. The van der Waals surface area contributed by atoms with Crippen LogP contribution in [-0.4, -0.2) is 18.8 Å². The standard InChI is InChI=1S/C21H30O3/c1-12(2)13-9-14-15-10-16-20(3,4)7-6-8-21(16,11-24-15)17(14)18(22)19(13)23-5/h9,12,15-16,22H,6-8,10-11H2,1-5H3/t15-,16-,21+/m0/s1. The Morgan fingerprint density at radius 1 is 1.29 bits per heavy atom. The fraction of sp³-hybridized carbons (Fsp3) is 0.714. The molecule has 2 aliphatic carbocycles. The molecule has 1 aromatic rings. The second kappa shape index (κ2) is 5.14. The predicted molar refractivity (Wildman–Crippen MR) is 94.9 cm³/mol. The maximum atomic E-state index is 11.2. The van der Waals surface area contributed by atoms with Crippen LogP contribution in [0.25, 0.3) is 0 Å². The van der Waals surface area contributed by atoms with E-state index in [4.69, 9.17) is 9.47 Å². The largest absolute Gasteiger partial charge is 0.504 e. The van der Waals surface area contributed by atoms with Crippen LogP contribution in [-0.2, 0) is 10.2 Å². The summed E-state index contributed by atoms with van der Waals surface area (Å²) in [6.07, 6.45) is 4.79. The maximum absolute atomic E-state index is 11.2. The van der Waals surface area contributed by atoms with Gasteiger partial charge < -0.3 is 14.6 Å². The molecular weight excluding hydrogens is 300 g/mol. The van der Waals surface area contributed by atoms with E-state index in [0.29, 0.717) is 28.7 Å². The third-order valence-corrected chi connectivity index (χ3v) is 7.03. The van der Waals surface area contributed by atoms with Gasteiger partial charge in [-0.05, 0) is 48.1 Å². The van der Waals surface area contributed by atoms with Crippen molar-refractivity contribution in [2.24, 2.45) is 11.3 Å². The minimum atomic E-state index is -0.0430. The zero-order valence-corrected chi connectivity index (χ0v) is 15.6. The van der Waals surface area contributed by atoms with Gasteiger partial charge in [-0.3, -0.25) is 0 Å². The van der Waals surface area contributed by atoms with Crippen LogP contribution in [0.15, 0.2) is 6.07 Å². The molecule has 2 aliphatic heterocycles. The SMILES string of the molecule is COc1c(C(C)C)cc2c(c1O)[C@@]13CCCC(C)(C)[C@@H]1C[C@@H]2OC3. The number of rotatable bonds is 2. The second-order valence-electron chi connectivity index (χ2n) is 9.05. The number of benzene rings is 1. The fourth-order valence-corrected chi connectivity index (χ4v) is 5.91. The zero-order valence-electron chi connectivity index (χ0n) is 15.6. The Morgan fingerprint density at radius 3 is 2.71 bits per heavy atom. The van der Waals surface area contributed by atoms with Crippen molar-refractivity contribution < 1.29 is 14.6 Å². The van der Waals surface area contributed by atoms with Crippen LogP contribution in [0.5, 0.6) is 11.5 Å². The minimum Gasteiger partial charge on any atom is -0.504 e. The van der Waals surface area contributed by atoms with Crippen molar-refractivity contribution in [2.45, 2.75) is 70.8 Å². The van der Waals surface area contributed by atoms with E-state index >= 15 is 0 Å². The van der Waals surface area contributed by atoms with Gasteiger partial charge in [0, 0.05) is 16.5 Å². The molecule has 0 amide bonds. The summed E-state index contributed by atoms with van der Waals surface area (Å²) in [5.74, 6) is 1.94. The summed E-state index contributed by atoms with van der Waals surface area (Å²) in [6.45, 7) is 9.84. The van der Waals surface area contributed by atoms with Crippen LogP contribution in [0.1, 0.15) is 82.1 Å². The molecule has 2 heterocycles. The topological polar surface area (TPSA) is 38.7 Å². The molecule has 2 fully saturated rings. The van der Waals surface area contributed by atoms with Crippen molar-refractivity contribution in [3.8, 4) is 11.5 Å². The minimum absolute atomic E-state index is 0.0430. The molecule has 24 heavy (non-hydrogen) atoms. The quantitative estimate of drug-likeness (QED) is 0.823. The molecule has 1 spiro atoms. The van der Waals surface area contributed by atoms with Crippen LogP contribution in [0.3, 0.4) is 0 Å². The normalized spacial score (nSPS) is 33.2. The van der Waals surface area contributed by atoms with Gasteiger partial charge in [-0.25, -0.2) is 0 Å². The first-order chi connectivity index (χ1) is 11.3. The Labute approximate surface area is 145 Å². The van der Waals surface area contributed by atoms with Gasteiger partial charge in [0.05, 0.1) is 19.8 Å². The molecule has 5 rings (SSSR count). The molecule has 1 saturated carbocycles. The van der Waals surface area contributed by atoms with Crippen LogP contribution in [0, 0.1) is 11.3 Å². The van der Waals surface area contributed by atoms with Crippen LogP contribution < -0.4 is 4.74 Å². The average molecular weight is 330 g/mol. The lowest BCUT2D eigenvalue weighted by molar-refractivity contribution is -0.137. The van der Waals surface area contributed by atoms with E-state index in [-0.39, 0.29) is 11.5 Å². The van der Waals surface area contributed by atoms with Gasteiger partial charge in [-0.15, -0.1) is 0 Å². The van der Waals surface area contributed by atoms with Gasteiger partial charge in [-0.2, -0.15) is 0 Å². The smallest absolute Gasteiger partial charge is 0.164 e. The summed E-state index contributed by atoms with van der Waals surface area (Å²) in [5, 5.41) is 11.2. The van der Waals surface area contributed by atoms with Crippen molar-refractivity contribution in [1.82, 2.24) is 0 Å². The van der Waals surface area contributed by atoms with E-state index in [1.165, 1.54) is 18.4 Å². The molecule has 0 radical (unpaired) electrons. The number of aromatic hydroxyl groups is 1. The third-order valence-electron chi connectivity index (χ3n) is 7.03. The van der Waals surface area contributed by atoms with E-state index in [0.717, 1.165) is 30.6 Å². The maximum Gasteiger partial charge on any atom is 0.164 e. The van der Waals surface area contributed by atoms with E-state index in [9.17, 15) is 5.11 Å². The monoisotopic (exact) mass is 330 g/mol. The molecule has 1 aromatic carbocycles. The fourth-order valence-electron chi connectivity index (χ4n) is 5.91. The van der Waals surface area contributed by atoms with Gasteiger partial charge in [0.2, 0.25) is 0 Å². The first kappa shape index (κ1) is 16.3. The zero-order chi connectivity index (χ0) is 17.3. The molecule has 3 atom stereocenters. The Hall–Kier alpha value is -1.22. The third kappa shape index (κ3) is 1.94. The number of ether oxygens (including phenoxy) is 2. The van der Waals surface area contributed by atoms with Crippen molar-refractivity contribution in [3.63, 3.8) is 0 Å². The predicted octanol–water partition coefficient (Wildman–Crippen LogP) is 5.06. The molecule has 1 saturated heterocycles. The number of hydrogen-bond acceptors (Lipinski definition) is 3. The number of fused-ring (bicyclic) bond motifs is 1. The lowest BCUT2D eigenvalue weighted by Crippen LogP contribution is -2.57. The lowest BCUT2D eigenvalue weighted by Gasteiger charge is -2.60. The first-order valence-corrected chi connectivity index (χ1v) is 9.37. The van der Waals surface area contributed by atoms with Crippen LogP contribution >= 0.6 is 0 Å². The van der Waals surface area contributed by atoms with Gasteiger partial charge >= 0.3 is 0 Å². The Morgan fingerprint density at radius 2 is 2.04 bits per heavy atom. The van der Waals surface area contributed by atoms with Crippen LogP contribution in [0.4, 0.5) is 0 Å². The van der Waals surface area contributed by atoms with Crippen LogP contribution in [0.2, 0.25) is 0 Å². The van der Waals surface area contributed by atoms with Gasteiger partial charge in [-0.1, -0.05) is 34.1 Å². The number of methoxy groups -OCH3 is 1. The highest BCUT2D eigenvalue weighted by Gasteiger charge is 2.59. The molecular formula is C21H30O3. The number of hydrogen-bond donors (Lipinski definition) is 1. The van der Waals surface area contributed by atoms with Gasteiger partial charge in [0.25, 0.3) is 0 Å². The first-order valence-electron chi connectivity index (χ1n) is 9.37. The van der Waals surface area contributed by atoms with Crippen molar-refractivity contribution in [2.75, 3.05) is 13.7 Å². The van der Waals surface area contributed by atoms with Crippen molar-refractivity contribution in [3.05, 3.63) is 22.8 Å². The Balaban J connectivity index is 1.98. The average Bonchev–Trinajstić information content (AvgIpc) is 2.53. The van der Waals surface area contributed by atoms with E-state index < -0.39 is 0 Å². The summed E-state index contributed by atoms with van der Waals surface area (Å²) in [7, 11) is 1.67. The summed E-state index contributed by atoms with van der Waals surface area (Å²) < 4.78 is 11.9.